The third-order valence-electron chi connectivity index (χ3n) is 3.63. The van der Waals surface area contributed by atoms with Gasteiger partial charge >= 0.3 is 5.69 Å². The lowest BCUT2D eigenvalue weighted by atomic mass is 10.1. The summed E-state index contributed by atoms with van der Waals surface area (Å²) in [7, 11) is 0. The van der Waals surface area contributed by atoms with Gasteiger partial charge in [0.25, 0.3) is 5.56 Å². The molecule has 0 saturated heterocycles. The predicted molar refractivity (Wildman–Crippen MR) is 94.9 cm³/mol. The van der Waals surface area contributed by atoms with Gasteiger partial charge < -0.3 is 4.98 Å². The number of hydrogen-bond acceptors (Lipinski definition) is 3. The van der Waals surface area contributed by atoms with Gasteiger partial charge in [-0.25, -0.2) is 4.79 Å². The number of benzene rings is 1. The molecule has 0 radical (unpaired) electrons. The van der Waals surface area contributed by atoms with Crippen LogP contribution in [0.4, 0.5) is 0 Å². The molecule has 0 amide bonds. The van der Waals surface area contributed by atoms with Gasteiger partial charge in [0.15, 0.2) is 0 Å². The van der Waals surface area contributed by atoms with E-state index in [9.17, 15) is 9.59 Å². The van der Waals surface area contributed by atoms with Crippen molar-refractivity contribution in [1.82, 2.24) is 14.9 Å². The average molecular weight is 317 g/mol. The molecule has 23 heavy (non-hydrogen) atoms. The molecule has 0 aliphatic carbocycles. The quantitative estimate of drug-likeness (QED) is 0.860. The van der Waals surface area contributed by atoms with Crippen molar-refractivity contribution in [2.45, 2.75) is 40.7 Å². The summed E-state index contributed by atoms with van der Waals surface area (Å²) in [6.07, 6.45) is 0.624. The van der Waals surface area contributed by atoms with Crippen LogP contribution in [0.5, 0.6) is 0 Å². The van der Waals surface area contributed by atoms with Crippen molar-refractivity contribution < 1.29 is 0 Å². The van der Waals surface area contributed by atoms with Crippen molar-refractivity contribution in [1.29, 1.82) is 0 Å². The van der Waals surface area contributed by atoms with Gasteiger partial charge in [-0.3, -0.25) is 14.7 Å². The first-order chi connectivity index (χ1) is 11.1. The molecule has 0 aliphatic rings. The van der Waals surface area contributed by atoms with Crippen molar-refractivity contribution in [3.8, 4) is 0 Å². The van der Waals surface area contributed by atoms with E-state index < -0.39 is 5.69 Å². The minimum Gasteiger partial charge on any atom is -0.311 e. The Morgan fingerprint density at radius 1 is 1.04 bits per heavy atom. The number of H-pyrrole nitrogens is 2. The van der Waals surface area contributed by atoms with Crippen LogP contribution in [0.3, 0.4) is 0 Å². The molecule has 2 rings (SSSR count). The van der Waals surface area contributed by atoms with E-state index in [1.807, 2.05) is 32.0 Å². The molecule has 0 saturated carbocycles. The second-order valence-electron chi connectivity index (χ2n) is 5.12. The molecule has 0 aliphatic heterocycles. The van der Waals surface area contributed by atoms with Crippen molar-refractivity contribution >= 4 is 0 Å². The Labute approximate surface area is 137 Å². The largest absolute Gasteiger partial charge is 0.325 e. The highest BCUT2D eigenvalue weighted by Crippen LogP contribution is 2.06. The van der Waals surface area contributed by atoms with E-state index in [1.165, 1.54) is 5.56 Å². The van der Waals surface area contributed by atoms with Gasteiger partial charge in [0.05, 0.1) is 0 Å². The van der Waals surface area contributed by atoms with Gasteiger partial charge in [0.1, 0.15) is 0 Å². The molecule has 0 spiro atoms. The average Bonchev–Trinajstić information content (AvgIpc) is 2.55. The molecule has 0 bridgehead atoms. The Kier molecular flexibility index (Phi) is 8.05. The summed E-state index contributed by atoms with van der Waals surface area (Å²) in [5.74, 6) is 0. The number of aromatic amines is 2. The van der Waals surface area contributed by atoms with Gasteiger partial charge in [-0.05, 0) is 25.5 Å². The highest BCUT2D eigenvalue weighted by atomic mass is 16.2. The Bertz CT molecular complexity index is 689. The van der Waals surface area contributed by atoms with E-state index in [4.69, 9.17) is 0 Å². The molecule has 1 aromatic heterocycles. The van der Waals surface area contributed by atoms with Crippen LogP contribution in [0.25, 0.3) is 0 Å². The number of aromatic nitrogens is 2. The summed E-state index contributed by atoms with van der Waals surface area (Å²) in [4.78, 5) is 30.2. The number of nitrogens with one attached hydrogen (secondary N) is 2. The Hall–Kier alpha value is -2.14. The molecule has 0 fully saturated rings. The molecule has 126 valence electrons. The monoisotopic (exact) mass is 317 g/mol. The summed E-state index contributed by atoms with van der Waals surface area (Å²) in [6, 6.07) is 10.3. The smallest absolute Gasteiger partial charge is 0.311 e. The van der Waals surface area contributed by atoms with Crippen LogP contribution in [-0.2, 0) is 13.0 Å². The lowest BCUT2D eigenvalue weighted by Crippen LogP contribution is -2.31. The number of aryl methyl sites for hydroxylation is 1. The highest BCUT2D eigenvalue weighted by Gasteiger charge is 2.09. The fraction of sp³-hybridized carbons (Fsp3) is 0.444. The highest BCUT2D eigenvalue weighted by molar-refractivity contribution is 5.16. The molecule has 2 aromatic rings. The van der Waals surface area contributed by atoms with Gasteiger partial charge in [0.2, 0.25) is 0 Å². The van der Waals surface area contributed by atoms with Gasteiger partial charge in [-0.2, -0.15) is 0 Å². The molecule has 1 aromatic carbocycles. The van der Waals surface area contributed by atoms with E-state index in [1.54, 1.807) is 6.92 Å². The van der Waals surface area contributed by atoms with Gasteiger partial charge in [-0.1, -0.05) is 51.1 Å². The SMILES string of the molecule is CC.CCN(CCc1c(C)[nH]c(=O)[nH]c1=O)Cc1ccccc1. The van der Waals surface area contributed by atoms with Crippen LogP contribution < -0.4 is 11.2 Å². The summed E-state index contributed by atoms with van der Waals surface area (Å²) < 4.78 is 0. The van der Waals surface area contributed by atoms with E-state index in [-0.39, 0.29) is 5.56 Å². The minimum absolute atomic E-state index is 0.285. The molecule has 2 N–H and O–H groups in total. The molecular formula is C18H27N3O2. The summed E-state index contributed by atoms with van der Waals surface area (Å²) >= 11 is 0. The third kappa shape index (κ3) is 5.87. The zero-order valence-corrected chi connectivity index (χ0v) is 14.5. The van der Waals surface area contributed by atoms with E-state index >= 15 is 0 Å². The topological polar surface area (TPSA) is 69.0 Å². The minimum atomic E-state index is -0.446. The summed E-state index contributed by atoms with van der Waals surface area (Å²) in [5.41, 5.74) is 1.83. The number of hydrogen-bond donors (Lipinski definition) is 2. The van der Waals surface area contributed by atoms with Crippen LogP contribution >= 0.6 is 0 Å². The number of likely N-dealkylation sites (N-methyl/N-ethyl adjacent to an activating group) is 1. The van der Waals surface area contributed by atoms with Crippen LogP contribution in [0.1, 0.15) is 37.6 Å². The molecule has 1 heterocycles. The fourth-order valence-corrected chi connectivity index (χ4v) is 2.39. The van der Waals surface area contributed by atoms with Gasteiger partial charge in [-0.15, -0.1) is 0 Å². The Morgan fingerprint density at radius 2 is 1.70 bits per heavy atom. The van der Waals surface area contributed by atoms with Crippen molar-refractivity contribution in [3.05, 3.63) is 68.0 Å². The predicted octanol–water partition coefficient (Wildman–Crippen LogP) is 2.46. The zero-order valence-electron chi connectivity index (χ0n) is 14.5. The first-order valence-electron chi connectivity index (χ1n) is 8.18. The van der Waals surface area contributed by atoms with Crippen LogP contribution in [0.2, 0.25) is 0 Å². The van der Waals surface area contributed by atoms with Crippen molar-refractivity contribution in [3.63, 3.8) is 0 Å². The molecule has 5 heteroatoms. The lowest BCUT2D eigenvalue weighted by Gasteiger charge is -2.20. The standard InChI is InChI=1S/C16H21N3O2.C2H6/c1-3-19(11-13-7-5-4-6-8-13)10-9-14-12(2)17-16(21)18-15(14)20;1-2/h4-8H,3,9-11H2,1-2H3,(H2,17,18,20,21);1-2H3. The Balaban J connectivity index is 0.00000127. The molecular weight excluding hydrogens is 290 g/mol. The summed E-state index contributed by atoms with van der Waals surface area (Å²) in [5, 5.41) is 0. The number of rotatable bonds is 6. The molecule has 0 unspecified atom stereocenters. The maximum Gasteiger partial charge on any atom is 0.325 e. The second-order valence-corrected chi connectivity index (χ2v) is 5.12. The van der Waals surface area contributed by atoms with Crippen molar-refractivity contribution in [2.75, 3.05) is 13.1 Å². The van der Waals surface area contributed by atoms with E-state index in [2.05, 4.69) is 33.9 Å². The Morgan fingerprint density at radius 3 is 2.26 bits per heavy atom. The van der Waals surface area contributed by atoms with E-state index in [0.29, 0.717) is 17.7 Å². The maximum absolute atomic E-state index is 11.8. The summed E-state index contributed by atoms with van der Waals surface area (Å²) in [6.45, 7) is 10.4. The van der Waals surface area contributed by atoms with E-state index in [0.717, 1.165) is 19.6 Å². The first kappa shape index (κ1) is 18.9. The molecule has 0 atom stereocenters. The molecule has 5 nitrogen and oxygen atoms in total. The number of nitrogens with zero attached hydrogens (tertiary/aromatic N) is 1. The maximum atomic E-state index is 11.8. The normalized spacial score (nSPS) is 10.3. The van der Waals surface area contributed by atoms with Gasteiger partial charge in [0, 0.05) is 24.3 Å². The third-order valence-corrected chi connectivity index (χ3v) is 3.63. The first-order valence-corrected chi connectivity index (χ1v) is 8.18. The fourth-order valence-electron chi connectivity index (χ4n) is 2.39. The van der Waals surface area contributed by atoms with Crippen molar-refractivity contribution in [2.24, 2.45) is 0 Å². The van der Waals surface area contributed by atoms with Crippen LogP contribution in [0, 0.1) is 6.92 Å². The zero-order chi connectivity index (χ0) is 17.2. The van der Waals surface area contributed by atoms with Crippen LogP contribution in [-0.4, -0.2) is 28.0 Å². The second kappa shape index (κ2) is 9.79. The lowest BCUT2D eigenvalue weighted by molar-refractivity contribution is 0.283. The van der Waals surface area contributed by atoms with Crippen LogP contribution in [0.15, 0.2) is 39.9 Å².